The summed E-state index contributed by atoms with van der Waals surface area (Å²) in [5.41, 5.74) is 3.21. The van der Waals surface area contributed by atoms with E-state index in [0.29, 0.717) is 29.6 Å². The third-order valence-electron chi connectivity index (χ3n) is 5.28. The molecule has 0 saturated heterocycles. The molecular weight excluding hydrogens is 436 g/mol. The van der Waals surface area contributed by atoms with Crippen LogP contribution in [-0.2, 0) is 16.6 Å². The highest BCUT2D eigenvalue weighted by Gasteiger charge is 2.23. The first-order valence-electron chi connectivity index (χ1n) is 9.71. The molecule has 0 saturated carbocycles. The van der Waals surface area contributed by atoms with Crippen LogP contribution >= 0.6 is 11.6 Å². The smallest absolute Gasteiger partial charge is 0.268 e. The largest absolute Gasteiger partial charge is 0.493 e. The third-order valence-corrected chi connectivity index (χ3v) is 7.15. The Balaban J connectivity index is 1.95. The summed E-state index contributed by atoms with van der Waals surface area (Å²) >= 11 is 6.02. The molecule has 0 bridgehead atoms. The highest BCUT2D eigenvalue weighted by molar-refractivity contribution is 7.90. The second-order valence-electron chi connectivity index (χ2n) is 7.16. The lowest BCUT2D eigenvalue weighted by molar-refractivity contribution is 0.355. The second-order valence-corrected chi connectivity index (χ2v) is 9.35. The first-order chi connectivity index (χ1) is 14.9. The van der Waals surface area contributed by atoms with Crippen molar-refractivity contribution >= 4 is 32.5 Å². The summed E-state index contributed by atoms with van der Waals surface area (Å²) in [5, 5.41) is 0.849. The molecule has 0 unspecified atom stereocenters. The number of ether oxygens (including phenoxy) is 2. The molecule has 0 atom stereocenters. The normalized spacial score (nSPS) is 11.7. The Morgan fingerprint density at radius 1 is 1.00 bits per heavy atom. The van der Waals surface area contributed by atoms with Crippen LogP contribution < -0.4 is 9.47 Å². The van der Waals surface area contributed by atoms with Gasteiger partial charge < -0.3 is 14.0 Å². The van der Waals surface area contributed by atoms with Crippen molar-refractivity contribution in [3.8, 4) is 22.8 Å². The van der Waals surface area contributed by atoms with Gasteiger partial charge in [0, 0.05) is 41.8 Å². The molecular formula is C23H23ClN2O4S. The molecule has 4 rings (SSSR count). The van der Waals surface area contributed by atoms with Crippen molar-refractivity contribution < 1.29 is 17.9 Å². The number of nitrogens with zero attached hydrogens (tertiary/aromatic N) is 2. The van der Waals surface area contributed by atoms with E-state index in [2.05, 4.69) is 0 Å². The van der Waals surface area contributed by atoms with E-state index in [1.165, 1.54) is 3.97 Å². The summed E-state index contributed by atoms with van der Waals surface area (Å²) in [6.07, 6.45) is 3.48. The summed E-state index contributed by atoms with van der Waals surface area (Å²) in [6.45, 7) is 2.49. The van der Waals surface area contributed by atoms with Gasteiger partial charge in [-0.1, -0.05) is 17.7 Å². The molecule has 162 valence electrons. The van der Waals surface area contributed by atoms with E-state index in [4.69, 9.17) is 21.1 Å². The van der Waals surface area contributed by atoms with Gasteiger partial charge in [0.2, 0.25) is 0 Å². The van der Waals surface area contributed by atoms with Crippen molar-refractivity contribution in [2.75, 3.05) is 20.1 Å². The van der Waals surface area contributed by atoms with E-state index in [-0.39, 0.29) is 4.90 Å². The number of hydrogen-bond acceptors (Lipinski definition) is 4. The molecule has 2 aromatic carbocycles. The average molecular weight is 459 g/mol. The number of halogens is 1. The van der Waals surface area contributed by atoms with Crippen molar-refractivity contribution in [2.24, 2.45) is 0 Å². The highest BCUT2D eigenvalue weighted by Crippen LogP contribution is 2.39. The van der Waals surface area contributed by atoms with Gasteiger partial charge in [-0.15, -0.1) is 11.6 Å². The minimum atomic E-state index is -3.77. The Kier molecular flexibility index (Phi) is 5.73. The molecule has 0 aliphatic carbocycles. The van der Waals surface area contributed by atoms with Crippen molar-refractivity contribution in [3.05, 3.63) is 66.5 Å². The number of rotatable bonds is 7. The van der Waals surface area contributed by atoms with Crippen molar-refractivity contribution in [3.63, 3.8) is 0 Å². The summed E-state index contributed by atoms with van der Waals surface area (Å²) in [5.74, 6) is 1.58. The fourth-order valence-corrected chi connectivity index (χ4v) is 5.24. The molecule has 2 aromatic heterocycles. The number of fused-ring (bicyclic) bond motifs is 1. The zero-order valence-corrected chi connectivity index (χ0v) is 19.1. The minimum absolute atomic E-state index is 0.235. The van der Waals surface area contributed by atoms with Crippen LogP contribution in [0.5, 0.6) is 11.5 Å². The molecule has 0 N–H and O–H groups in total. The van der Waals surface area contributed by atoms with Gasteiger partial charge in [0.15, 0.2) is 11.5 Å². The number of hydrogen-bond donors (Lipinski definition) is 0. The quantitative estimate of drug-likeness (QED) is 0.369. The standard InChI is InChI=1S/C23H23ClN2O4S/c1-16-6-8-17(9-7-16)31(27,28)26-11-4-5-20(26)19-15-25(12-10-24)21-14-23(30-3)22(29-2)13-18(19)21/h4-9,11,13-15H,10,12H2,1-3H3. The fraction of sp³-hybridized carbons (Fsp3) is 0.217. The van der Waals surface area contributed by atoms with Crippen LogP contribution in [0.3, 0.4) is 0 Å². The molecule has 0 spiro atoms. The van der Waals surface area contributed by atoms with E-state index in [1.807, 2.05) is 29.8 Å². The van der Waals surface area contributed by atoms with Gasteiger partial charge >= 0.3 is 0 Å². The van der Waals surface area contributed by atoms with Gasteiger partial charge in [-0.3, -0.25) is 0 Å². The van der Waals surface area contributed by atoms with Crippen molar-refractivity contribution in [1.29, 1.82) is 0 Å². The third kappa shape index (κ3) is 3.68. The number of aryl methyl sites for hydroxylation is 2. The molecule has 8 heteroatoms. The topological polar surface area (TPSA) is 62.5 Å². The van der Waals surface area contributed by atoms with Gasteiger partial charge in [-0.2, -0.15) is 0 Å². The van der Waals surface area contributed by atoms with Gasteiger partial charge in [0.05, 0.1) is 30.3 Å². The van der Waals surface area contributed by atoms with Crippen LogP contribution in [0.1, 0.15) is 5.56 Å². The zero-order chi connectivity index (χ0) is 22.2. The van der Waals surface area contributed by atoms with E-state index in [1.54, 1.807) is 56.8 Å². The first-order valence-corrected chi connectivity index (χ1v) is 11.7. The van der Waals surface area contributed by atoms with Crippen LogP contribution in [0.4, 0.5) is 0 Å². The Hall–Kier alpha value is -2.90. The number of aromatic nitrogens is 2. The van der Waals surface area contributed by atoms with Gasteiger partial charge in [-0.25, -0.2) is 12.4 Å². The molecule has 2 heterocycles. The summed E-state index contributed by atoms with van der Waals surface area (Å²) in [6, 6.07) is 14.1. The molecule has 0 aliphatic rings. The van der Waals surface area contributed by atoms with Crippen molar-refractivity contribution in [1.82, 2.24) is 8.54 Å². The number of alkyl halides is 1. The van der Waals surface area contributed by atoms with Gasteiger partial charge in [0.25, 0.3) is 10.0 Å². The predicted octanol–water partition coefficient (Wildman–Crippen LogP) is 4.91. The lowest BCUT2D eigenvalue weighted by Gasteiger charge is -2.11. The number of methoxy groups -OCH3 is 2. The van der Waals surface area contributed by atoms with Crippen LogP contribution in [0.25, 0.3) is 22.2 Å². The van der Waals surface area contributed by atoms with E-state index < -0.39 is 10.0 Å². The Labute approximate surface area is 186 Å². The van der Waals surface area contributed by atoms with Crippen LogP contribution in [0.2, 0.25) is 0 Å². The maximum absolute atomic E-state index is 13.4. The van der Waals surface area contributed by atoms with Crippen LogP contribution in [0, 0.1) is 6.92 Å². The van der Waals surface area contributed by atoms with Gasteiger partial charge in [-0.05, 0) is 37.3 Å². The van der Waals surface area contributed by atoms with E-state index >= 15 is 0 Å². The zero-order valence-electron chi connectivity index (χ0n) is 17.5. The van der Waals surface area contributed by atoms with E-state index in [9.17, 15) is 8.42 Å². The number of benzene rings is 2. The summed E-state index contributed by atoms with van der Waals surface area (Å²) in [7, 11) is -0.611. The van der Waals surface area contributed by atoms with Crippen molar-refractivity contribution in [2.45, 2.75) is 18.4 Å². The average Bonchev–Trinajstić information content (AvgIpc) is 3.38. The predicted molar refractivity (Wildman–Crippen MR) is 123 cm³/mol. The van der Waals surface area contributed by atoms with Gasteiger partial charge in [0.1, 0.15) is 0 Å². The molecule has 6 nitrogen and oxygen atoms in total. The molecule has 0 amide bonds. The highest BCUT2D eigenvalue weighted by atomic mass is 35.5. The molecule has 0 aliphatic heterocycles. The Morgan fingerprint density at radius 3 is 2.32 bits per heavy atom. The minimum Gasteiger partial charge on any atom is -0.493 e. The molecule has 4 aromatic rings. The Bertz CT molecular complexity index is 1340. The van der Waals surface area contributed by atoms with Crippen LogP contribution in [0.15, 0.2) is 65.8 Å². The monoisotopic (exact) mass is 458 g/mol. The second kappa shape index (κ2) is 8.32. The Morgan fingerprint density at radius 2 is 1.68 bits per heavy atom. The maximum Gasteiger partial charge on any atom is 0.268 e. The SMILES string of the molecule is COc1cc2c(-c3cccn3S(=O)(=O)c3ccc(C)cc3)cn(CCCl)c2cc1OC. The lowest BCUT2D eigenvalue weighted by Crippen LogP contribution is -2.13. The first kappa shape index (κ1) is 21.3. The maximum atomic E-state index is 13.4. The van der Waals surface area contributed by atoms with Crippen LogP contribution in [-0.4, -0.2) is 37.1 Å². The lowest BCUT2D eigenvalue weighted by atomic mass is 10.1. The molecule has 0 fully saturated rings. The fourth-order valence-electron chi connectivity index (χ4n) is 3.70. The molecule has 31 heavy (non-hydrogen) atoms. The van der Waals surface area contributed by atoms with E-state index in [0.717, 1.165) is 22.0 Å². The summed E-state index contributed by atoms with van der Waals surface area (Å²) in [4.78, 5) is 0.235. The summed E-state index contributed by atoms with van der Waals surface area (Å²) < 4.78 is 41.0. The molecule has 0 radical (unpaired) electrons.